The van der Waals surface area contributed by atoms with E-state index in [-0.39, 0.29) is 47.9 Å². The summed E-state index contributed by atoms with van der Waals surface area (Å²) in [4.78, 5) is 18.5. The maximum absolute atomic E-state index is 13.3. The van der Waals surface area contributed by atoms with Gasteiger partial charge in [0.1, 0.15) is 11.9 Å². The van der Waals surface area contributed by atoms with Gasteiger partial charge in [0.2, 0.25) is 5.91 Å². The summed E-state index contributed by atoms with van der Waals surface area (Å²) in [6, 6.07) is 14.3. The van der Waals surface area contributed by atoms with Gasteiger partial charge < -0.3 is 20.3 Å². The number of guanidine groups is 1. The SMILES string of the molecule is CCCC(=O)Nc1cccc(CNC(=NC)N2CC(C)OC(c3ccc(F)cc3)C2)c1.I. The van der Waals surface area contributed by atoms with E-state index in [0.29, 0.717) is 26.1 Å². The summed E-state index contributed by atoms with van der Waals surface area (Å²) < 4.78 is 19.4. The highest BCUT2D eigenvalue weighted by atomic mass is 127. The van der Waals surface area contributed by atoms with Crippen LogP contribution in [-0.4, -0.2) is 43.0 Å². The van der Waals surface area contributed by atoms with Crippen LogP contribution in [0.3, 0.4) is 0 Å². The molecule has 32 heavy (non-hydrogen) atoms. The second-order valence-electron chi connectivity index (χ2n) is 7.79. The number of amides is 1. The normalized spacial score (nSPS) is 18.6. The molecule has 6 nitrogen and oxygen atoms in total. The van der Waals surface area contributed by atoms with E-state index in [4.69, 9.17) is 4.74 Å². The van der Waals surface area contributed by atoms with Crippen LogP contribution in [0.5, 0.6) is 0 Å². The largest absolute Gasteiger partial charge is 0.367 e. The van der Waals surface area contributed by atoms with Crippen LogP contribution in [-0.2, 0) is 16.1 Å². The number of anilines is 1. The first-order chi connectivity index (χ1) is 15.0. The Hall–Kier alpha value is -2.20. The van der Waals surface area contributed by atoms with Crippen molar-refractivity contribution in [3.63, 3.8) is 0 Å². The minimum absolute atomic E-state index is 0. The van der Waals surface area contributed by atoms with Crippen LogP contribution in [0.2, 0.25) is 0 Å². The molecular formula is C24H32FIN4O2. The van der Waals surface area contributed by atoms with Crippen molar-refractivity contribution in [2.24, 2.45) is 4.99 Å². The molecular weight excluding hydrogens is 522 g/mol. The Balaban J connectivity index is 0.00000363. The van der Waals surface area contributed by atoms with E-state index in [9.17, 15) is 9.18 Å². The van der Waals surface area contributed by atoms with E-state index in [2.05, 4.69) is 20.5 Å². The summed E-state index contributed by atoms with van der Waals surface area (Å²) in [5.41, 5.74) is 2.79. The third-order valence-corrected chi connectivity index (χ3v) is 5.15. The lowest BCUT2D eigenvalue weighted by Crippen LogP contribution is -2.50. The minimum Gasteiger partial charge on any atom is -0.367 e. The van der Waals surface area contributed by atoms with Crippen LogP contribution in [0.4, 0.5) is 10.1 Å². The highest BCUT2D eigenvalue weighted by molar-refractivity contribution is 14.0. The van der Waals surface area contributed by atoms with Gasteiger partial charge in [-0.2, -0.15) is 0 Å². The van der Waals surface area contributed by atoms with Gasteiger partial charge >= 0.3 is 0 Å². The average molecular weight is 554 g/mol. The molecule has 2 N–H and O–H groups in total. The fourth-order valence-electron chi connectivity index (χ4n) is 3.71. The zero-order valence-corrected chi connectivity index (χ0v) is 21.1. The van der Waals surface area contributed by atoms with Crippen molar-refractivity contribution >= 4 is 41.5 Å². The van der Waals surface area contributed by atoms with Gasteiger partial charge in [-0.05, 0) is 48.7 Å². The number of benzene rings is 2. The fraction of sp³-hybridized carbons (Fsp3) is 0.417. The van der Waals surface area contributed by atoms with Crippen molar-refractivity contribution in [1.82, 2.24) is 10.2 Å². The number of nitrogens with zero attached hydrogens (tertiary/aromatic N) is 2. The van der Waals surface area contributed by atoms with Crippen LogP contribution in [0.15, 0.2) is 53.5 Å². The summed E-state index contributed by atoms with van der Waals surface area (Å²) in [5.74, 6) is 0.551. The van der Waals surface area contributed by atoms with Gasteiger partial charge in [-0.1, -0.05) is 31.2 Å². The van der Waals surface area contributed by atoms with Gasteiger partial charge in [-0.25, -0.2) is 4.39 Å². The molecule has 0 aliphatic carbocycles. The van der Waals surface area contributed by atoms with E-state index < -0.39 is 0 Å². The number of ether oxygens (including phenoxy) is 1. The molecule has 0 aromatic heterocycles. The van der Waals surface area contributed by atoms with Crippen LogP contribution >= 0.6 is 24.0 Å². The first-order valence-electron chi connectivity index (χ1n) is 10.7. The summed E-state index contributed by atoms with van der Waals surface area (Å²) in [6.07, 6.45) is 1.19. The van der Waals surface area contributed by atoms with Gasteiger partial charge in [0.05, 0.1) is 12.6 Å². The third-order valence-electron chi connectivity index (χ3n) is 5.15. The number of hydrogen-bond acceptors (Lipinski definition) is 3. The minimum atomic E-state index is -0.255. The van der Waals surface area contributed by atoms with Crippen molar-refractivity contribution in [3.05, 3.63) is 65.5 Å². The monoisotopic (exact) mass is 554 g/mol. The van der Waals surface area contributed by atoms with Crippen molar-refractivity contribution in [2.75, 3.05) is 25.5 Å². The van der Waals surface area contributed by atoms with Crippen molar-refractivity contribution in [2.45, 2.75) is 45.4 Å². The van der Waals surface area contributed by atoms with E-state index in [1.165, 1.54) is 12.1 Å². The number of aliphatic imine (C=N–C) groups is 1. The lowest BCUT2D eigenvalue weighted by Gasteiger charge is -2.38. The summed E-state index contributed by atoms with van der Waals surface area (Å²) >= 11 is 0. The van der Waals surface area contributed by atoms with E-state index in [0.717, 1.165) is 29.2 Å². The number of rotatable bonds is 6. The maximum Gasteiger partial charge on any atom is 0.224 e. The summed E-state index contributed by atoms with van der Waals surface area (Å²) in [6.45, 7) is 5.93. The number of morpholine rings is 1. The molecule has 1 amide bonds. The third kappa shape index (κ3) is 7.44. The molecule has 1 fully saturated rings. The molecule has 2 unspecified atom stereocenters. The Kier molecular flexibility index (Phi) is 10.4. The Morgan fingerprint density at radius 2 is 1.97 bits per heavy atom. The molecule has 1 aliphatic heterocycles. The Morgan fingerprint density at radius 1 is 1.22 bits per heavy atom. The first-order valence-corrected chi connectivity index (χ1v) is 10.7. The van der Waals surface area contributed by atoms with E-state index in [1.807, 2.05) is 38.1 Å². The average Bonchev–Trinajstić information content (AvgIpc) is 2.75. The number of carbonyl (C=O) groups excluding carboxylic acids is 1. The Labute approximate surface area is 206 Å². The number of nitrogens with one attached hydrogen (secondary N) is 2. The molecule has 0 radical (unpaired) electrons. The lowest BCUT2D eigenvalue weighted by molar-refractivity contribution is -0.116. The fourth-order valence-corrected chi connectivity index (χ4v) is 3.71. The lowest BCUT2D eigenvalue weighted by atomic mass is 10.1. The molecule has 2 aromatic carbocycles. The molecule has 8 heteroatoms. The van der Waals surface area contributed by atoms with Gasteiger partial charge in [0.25, 0.3) is 0 Å². The number of halogens is 2. The summed E-state index contributed by atoms with van der Waals surface area (Å²) in [7, 11) is 1.76. The standard InChI is InChI=1S/C24H31FN4O2.HI/c1-4-6-23(30)28-21-8-5-7-18(13-21)14-27-24(26-3)29-15-17(2)31-22(16-29)19-9-11-20(25)12-10-19;/h5,7-13,17,22H,4,6,14-16H2,1-3H3,(H,26,27)(H,28,30);1H. The second kappa shape index (κ2) is 12.7. The molecule has 1 heterocycles. The quantitative estimate of drug-likeness (QED) is 0.308. The molecule has 0 spiro atoms. The molecule has 3 rings (SSSR count). The smallest absolute Gasteiger partial charge is 0.224 e. The van der Waals surface area contributed by atoms with Crippen LogP contribution < -0.4 is 10.6 Å². The zero-order chi connectivity index (χ0) is 22.2. The van der Waals surface area contributed by atoms with Crippen molar-refractivity contribution < 1.29 is 13.9 Å². The molecule has 1 saturated heterocycles. The number of carbonyl (C=O) groups is 1. The van der Waals surface area contributed by atoms with Crippen LogP contribution in [0.25, 0.3) is 0 Å². The van der Waals surface area contributed by atoms with Gasteiger partial charge in [-0.3, -0.25) is 9.79 Å². The van der Waals surface area contributed by atoms with Gasteiger partial charge in [0.15, 0.2) is 5.96 Å². The topological polar surface area (TPSA) is 66.0 Å². The van der Waals surface area contributed by atoms with Gasteiger partial charge in [-0.15, -0.1) is 24.0 Å². The zero-order valence-electron chi connectivity index (χ0n) is 18.8. The molecule has 1 aliphatic rings. The van der Waals surface area contributed by atoms with Crippen molar-refractivity contribution in [1.29, 1.82) is 0 Å². The van der Waals surface area contributed by atoms with Crippen LogP contribution in [0, 0.1) is 5.82 Å². The molecule has 0 bridgehead atoms. The summed E-state index contributed by atoms with van der Waals surface area (Å²) in [5, 5.41) is 6.34. The molecule has 2 aromatic rings. The highest BCUT2D eigenvalue weighted by Crippen LogP contribution is 2.25. The Bertz CT molecular complexity index is 907. The first kappa shape index (κ1) is 26.1. The molecule has 2 atom stereocenters. The maximum atomic E-state index is 13.3. The van der Waals surface area contributed by atoms with E-state index in [1.54, 1.807) is 19.2 Å². The highest BCUT2D eigenvalue weighted by Gasteiger charge is 2.28. The van der Waals surface area contributed by atoms with Crippen LogP contribution in [0.1, 0.15) is 43.9 Å². The Morgan fingerprint density at radius 3 is 2.66 bits per heavy atom. The van der Waals surface area contributed by atoms with Gasteiger partial charge in [0, 0.05) is 32.2 Å². The van der Waals surface area contributed by atoms with E-state index >= 15 is 0 Å². The molecule has 174 valence electrons. The predicted octanol–water partition coefficient (Wildman–Crippen LogP) is 4.72. The van der Waals surface area contributed by atoms with Crippen molar-refractivity contribution in [3.8, 4) is 0 Å². The second-order valence-corrected chi connectivity index (χ2v) is 7.79. The number of hydrogen-bond donors (Lipinski definition) is 2. The molecule has 0 saturated carbocycles. The predicted molar refractivity (Wildman–Crippen MR) is 137 cm³/mol.